The number of pyridine rings is 1. The Bertz CT molecular complexity index is 1280. The van der Waals surface area contributed by atoms with E-state index in [-0.39, 0.29) is 42.0 Å². The molecule has 0 unspecified atom stereocenters. The van der Waals surface area contributed by atoms with Crippen molar-refractivity contribution in [2.45, 2.75) is 43.9 Å². The molecule has 4 rings (SSSR count). The molecule has 4 N–H and O–H groups in total. The largest absolute Gasteiger partial charge is 0.481 e. The van der Waals surface area contributed by atoms with Gasteiger partial charge in [-0.3, -0.25) is 15.0 Å². The van der Waals surface area contributed by atoms with Gasteiger partial charge in [0.05, 0.1) is 25.4 Å². The van der Waals surface area contributed by atoms with Crippen LogP contribution in [0.25, 0.3) is 5.70 Å². The number of carbonyl (C=O) groups is 2. The Morgan fingerprint density at radius 2 is 1.95 bits per heavy atom. The minimum atomic E-state index is -4.55. The first kappa shape index (κ1) is 26.9. The van der Waals surface area contributed by atoms with Crippen LogP contribution in [0.5, 0.6) is 5.88 Å². The Labute approximate surface area is 214 Å². The van der Waals surface area contributed by atoms with Crippen LogP contribution in [0.4, 0.5) is 17.6 Å². The molecule has 3 heterocycles. The first-order chi connectivity index (χ1) is 17.9. The van der Waals surface area contributed by atoms with Gasteiger partial charge in [-0.25, -0.2) is 19.3 Å². The molecule has 2 amide bonds. The van der Waals surface area contributed by atoms with Crippen molar-refractivity contribution in [2.75, 3.05) is 13.7 Å². The molecule has 2 aromatic rings. The lowest BCUT2D eigenvalue weighted by Gasteiger charge is -2.39. The van der Waals surface area contributed by atoms with E-state index in [0.717, 1.165) is 12.3 Å². The zero-order valence-electron chi connectivity index (χ0n) is 20.3. The molecule has 1 atom stereocenters. The van der Waals surface area contributed by atoms with Crippen LogP contribution in [-0.4, -0.2) is 56.6 Å². The predicted octanol–water partition coefficient (Wildman–Crippen LogP) is 2.45. The Hall–Kier alpha value is -4.10. The summed E-state index contributed by atoms with van der Waals surface area (Å²) in [5.41, 5.74) is 3.79. The highest BCUT2D eigenvalue weighted by Crippen LogP contribution is 2.50. The lowest BCUT2D eigenvalue weighted by molar-refractivity contribution is -0.138. The third-order valence-electron chi connectivity index (χ3n) is 6.68. The molecular formula is C24H25F4N7O3. The molecule has 1 spiro atoms. The van der Waals surface area contributed by atoms with Crippen molar-refractivity contribution in [3.63, 3.8) is 0 Å². The lowest BCUT2D eigenvalue weighted by atomic mass is 9.87. The number of alkyl halides is 3. The van der Waals surface area contributed by atoms with Crippen LogP contribution in [0.3, 0.4) is 0 Å². The molecule has 202 valence electrons. The van der Waals surface area contributed by atoms with Crippen molar-refractivity contribution in [3.8, 4) is 5.88 Å². The Balaban J connectivity index is 1.36. The summed E-state index contributed by atoms with van der Waals surface area (Å²) in [6.07, 6.45) is 0.808. The number of nitrogens with zero attached hydrogens (tertiary/aromatic N) is 4. The Morgan fingerprint density at radius 3 is 2.55 bits per heavy atom. The highest BCUT2D eigenvalue weighted by atomic mass is 19.4. The zero-order valence-corrected chi connectivity index (χ0v) is 20.3. The molecule has 1 aliphatic carbocycles. The van der Waals surface area contributed by atoms with E-state index in [1.807, 2.05) is 0 Å². The smallest absolute Gasteiger partial charge is 0.419 e. The molecule has 38 heavy (non-hydrogen) atoms. The number of halogens is 4. The van der Waals surface area contributed by atoms with Crippen LogP contribution in [-0.2, 0) is 22.3 Å². The second-order valence-corrected chi connectivity index (χ2v) is 9.19. The lowest BCUT2D eigenvalue weighted by Crippen LogP contribution is -2.52. The molecule has 1 aliphatic heterocycles. The van der Waals surface area contributed by atoms with Crippen molar-refractivity contribution in [2.24, 2.45) is 11.7 Å². The maximum Gasteiger partial charge on any atom is 0.419 e. The molecule has 2 aliphatic rings. The number of ether oxygens (including phenoxy) is 1. The molecular weight excluding hydrogens is 510 g/mol. The molecule has 0 radical (unpaired) electrons. The quantitative estimate of drug-likeness (QED) is 0.364. The number of hydrogen-bond donors (Lipinski definition) is 3. The summed E-state index contributed by atoms with van der Waals surface area (Å²) < 4.78 is 57.1. The number of amides is 2. The number of nitrogens with one attached hydrogen (secondary N) is 2. The van der Waals surface area contributed by atoms with Gasteiger partial charge in [0.1, 0.15) is 11.5 Å². The summed E-state index contributed by atoms with van der Waals surface area (Å²) in [4.78, 5) is 38.4. The van der Waals surface area contributed by atoms with Gasteiger partial charge in [-0.1, -0.05) is 0 Å². The van der Waals surface area contributed by atoms with E-state index in [2.05, 4.69) is 20.3 Å². The number of nitrogens with two attached hydrogens (primary N) is 1. The van der Waals surface area contributed by atoms with E-state index in [9.17, 15) is 27.2 Å². The number of piperidine rings is 1. The molecule has 2 fully saturated rings. The fraction of sp³-hybridized carbons (Fsp3) is 0.417. The summed E-state index contributed by atoms with van der Waals surface area (Å²) in [5.74, 6) is -1.88. The molecule has 0 bridgehead atoms. The Kier molecular flexibility index (Phi) is 7.33. The number of likely N-dealkylation sites (tertiary alicyclic amines) is 1. The number of hydrogen-bond acceptors (Lipinski definition) is 8. The highest BCUT2D eigenvalue weighted by molar-refractivity contribution is 6.43. The number of rotatable bonds is 7. The second-order valence-electron chi connectivity index (χ2n) is 9.19. The van der Waals surface area contributed by atoms with Crippen molar-refractivity contribution in [1.29, 1.82) is 5.41 Å². The monoisotopic (exact) mass is 535 g/mol. The van der Waals surface area contributed by atoms with Gasteiger partial charge in [0.2, 0.25) is 11.8 Å². The van der Waals surface area contributed by atoms with Gasteiger partial charge in [0.25, 0.3) is 5.91 Å². The topological polar surface area (TPSA) is 147 Å². The van der Waals surface area contributed by atoms with Gasteiger partial charge >= 0.3 is 6.18 Å². The van der Waals surface area contributed by atoms with Gasteiger partial charge < -0.3 is 20.7 Å². The van der Waals surface area contributed by atoms with E-state index in [1.54, 1.807) is 4.90 Å². The zero-order chi connectivity index (χ0) is 27.7. The molecule has 1 saturated carbocycles. The van der Waals surface area contributed by atoms with Crippen molar-refractivity contribution in [1.82, 2.24) is 25.2 Å². The van der Waals surface area contributed by atoms with Gasteiger partial charge in [-0.05, 0) is 31.8 Å². The van der Waals surface area contributed by atoms with Crippen molar-refractivity contribution in [3.05, 3.63) is 53.5 Å². The van der Waals surface area contributed by atoms with E-state index in [0.29, 0.717) is 38.1 Å². The van der Waals surface area contributed by atoms with E-state index >= 15 is 0 Å². The fourth-order valence-corrected chi connectivity index (χ4v) is 4.45. The first-order valence-electron chi connectivity index (χ1n) is 11.7. The van der Waals surface area contributed by atoms with E-state index in [4.69, 9.17) is 15.9 Å². The first-order valence-corrected chi connectivity index (χ1v) is 11.7. The van der Waals surface area contributed by atoms with Gasteiger partial charge in [-0.2, -0.15) is 13.2 Å². The van der Waals surface area contributed by atoms with Crippen LogP contribution in [0.2, 0.25) is 0 Å². The van der Waals surface area contributed by atoms with Crippen LogP contribution in [0.1, 0.15) is 42.6 Å². The average Bonchev–Trinajstić information content (AvgIpc) is 3.65. The maximum atomic E-state index is 14.2. The fourth-order valence-electron chi connectivity index (χ4n) is 4.45. The highest BCUT2D eigenvalue weighted by Gasteiger charge is 2.54. The normalized spacial score (nSPS) is 18.7. The van der Waals surface area contributed by atoms with Gasteiger partial charge in [0, 0.05) is 47.7 Å². The third-order valence-corrected chi connectivity index (χ3v) is 6.68. The summed E-state index contributed by atoms with van der Waals surface area (Å²) in [6, 6.07) is 1.27. The Morgan fingerprint density at radius 1 is 1.26 bits per heavy atom. The summed E-state index contributed by atoms with van der Waals surface area (Å²) in [5, 5.41) is 10.9. The van der Waals surface area contributed by atoms with E-state index < -0.39 is 40.6 Å². The minimum Gasteiger partial charge on any atom is -0.481 e. The third kappa shape index (κ3) is 5.73. The van der Waals surface area contributed by atoms with E-state index in [1.165, 1.54) is 13.2 Å². The van der Waals surface area contributed by atoms with Gasteiger partial charge in [-0.15, -0.1) is 0 Å². The molecule has 14 heteroatoms. The molecule has 2 aromatic heterocycles. The SMILES string of the molecule is COc1cc(/C(N)=C/C(=N)C(=O)N2CC[C@H](C(=O)NCc3ncc(C(F)(F)F)cn3)CC23CC3)c(F)cn1. The molecule has 1 saturated heterocycles. The van der Waals surface area contributed by atoms with Crippen LogP contribution >= 0.6 is 0 Å². The average molecular weight is 536 g/mol. The standard InChI is InChI=1S/C24H25F4N7O3/c1-38-20-6-15(16(25)11-33-20)17(29)7-18(30)22(37)35-5-2-13(8-23(35)3-4-23)21(36)34-12-19-31-9-14(10-32-19)24(26,27)28/h6-7,9-11,13,30H,2-5,8,12,29H2,1H3,(H,34,36)/b17-7-,30-18?/t13-/m0/s1. The summed E-state index contributed by atoms with van der Waals surface area (Å²) in [7, 11) is 1.36. The van der Waals surface area contributed by atoms with Crippen LogP contribution in [0.15, 0.2) is 30.7 Å². The van der Waals surface area contributed by atoms with Gasteiger partial charge in [0.15, 0.2) is 5.82 Å². The molecule has 10 nitrogen and oxygen atoms in total. The van der Waals surface area contributed by atoms with Crippen LogP contribution in [0, 0.1) is 17.1 Å². The number of methoxy groups -OCH3 is 1. The predicted molar refractivity (Wildman–Crippen MR) is 126 cm³/mol. The minimum absolute atomic E-state index is 0.0428. The second kappa shape index (κ2) is 10.3. The maximum absolute atomic E-state index is 14.2. The van der Waals surface area contributed by atoms with Crippen LogP contribution < -0.4 is 15.8 Å². The number of carbonyl (C=O) groups excluding carboxylic acids is 2. The summed E-state index contributed by atoms with van der Waals surface area (Å²) >= 11 is 0. The van der Waals surface area contributed by atoms with Crippen molar-refractivity contribution < 1.29 is 31.9 Å². The van der Waals surface area contributed by atoms with Crippen molar-refractivity contribution >= 4 is 23.2 Å². The molecule has 0 aromatic carbocycles. The number of aromatic nitrogens is 3. The summed E-state index contributed by atoms with van der Waals surface area (Å²) in [6.45, 7) is 0.0927.